The van der Waals surface area contributed by atoms with Gasteiger partial charge in [-0.15, -0.1) is 0 Å². The van der Waals surface area contributed by atoms with Crippen LogP contribution in [0.3, 0.4) is 0 Å². The molecule has 0 saturated heterocycles. The molecule has 2 aromatic carbocycles. The van der Waals surface area contributed by atoms with Crippen molar-refractivity contribution in [1.82, 2.24) is 14.8 Å². The fraction of sp³-hybridized carbons (Fsp3) is 0.241. The fourth-order valence-corrected chi connectivity index (χ4v) is 5.04. The monoisotopic (exact) mass is 513 g/mol. The molecule has 4 aromatic rings. The van der Waals surface area contributed by atoms with Crippen molar-refractivity contribution in [3.8, 4) is 16.9 Å². The van der Waals surface area contributed by atoms with Gasteiger partial charge in [-0.3, -0.25) is 9.59 Å². The molecule has 2 heterocycles. The van der Waals surface area contributed by atoms with Crippen molar-refractivity contribution in [2.24, 2.45) is 5.73 Å². The highest BCUT2D eigenvalue weighted by Gasteiger charge is 2.28. The number of aryl methyl sites for hydroxylation is 2. The molecule has 0 radical (unpaired) electrons. The molecule has 188 valence electrons. The number of rotatable bonds is 8. The summed E-state index contributed by atoms with van der Waals surface area (Å²) in [5, 5.41) is 7.70. The Kier molecular flexibility index (Phi) is 7.06. The number of pyridine rings is 1. The Morgan fingerprint density at radius 1 is 1.08 bits per heavy atom. The number of hydrogen-bond acceptors (Lipinski definition) is 4. The van der Waals surface area contributed by atoms with Crippen LogP contribution in [0.2, 0.25) is 5.15 Å². The summed E-state index contributed by atoms with van der Waals surface area (Å²) in [6.07, 6.45) is 7.52. The minimum absolute atomic E-state index is 0.141. The number of carbonyl (C=O) groups is 2. The Morgan fingerprint density at radius 3 is 2.62 bits per heavy atom. The molecular formula is C29H28ClN5O2. The lowest BCUT2D eigenvalue weighted by atomic mass is 9.88. The van der Waals surface area contributed by atoms with Gasteiger partial charge in [-0.2, -0.15) is 5.10 Å². The number of primary amides is 1. The Morgan fingerprint density at radius 2 is 1.89 bits per heavy atom. The highest BCUT2D eigenvalue weighted by Crippen LogP contribution is 2.38. The highest BCUT2D eigenvalue weighted by molar-refractivity contribution is 6.33. The molecule has 0 spiro atoms. The van der Waals surface area contributed by atoms with Gasteiger partial charge in [0.15, 0.2) is 5.69 Å². The molecule has 0 saturated carbocycles. The number of unbranched alkanes of at least 4 members (excludes halogenated alkanes) is 2. The van der Waals surface area contributed by atoms with E-state index in [0.717, 1.165) is 47.3 Å². The quantitative estimate of drug-likeness (QED) is 0.230. The minimum atomic E-state index is -0.551. The van der Waals surface area contributed by atoms with Crippen LogP contribution in [0.5, 0.6) is 0 Å². The molecule has 3 N–H and O–H groups in total. The molecule has 5 rings (SSSR count). The molecule has 37 heavy (non-hydrogen) atoms. The third kappa shape index (κ3) is 5.00. The summed E-state index contributed by atoms with van der Waals surface area (Å²) in [4.78, 5) is 29.1. The molecule has 0 aliphatic heterocycles. The van der Waals surface area contributed by atoms with Crippen molar-refractivity contribution in [3.63, 3.8) is 0 Å². The van der Waals surface area contributed by atoms with Gasteiger partial charge >= 0.3 is 0 Å². The minimum Gasteiger partial charge on any atom is -0.364 e. The van der Waals surface area contributed by atoms with E-state index in [0.29, 0.717) is 17.7 Å². The molecule has 2 amide bonds. The molecule has 0 bridgehead atoms. The van der Waals surface area contributed by atoms with Crippen molar-refractivity contribution in [2.45, 2.75) is 45.4 Å². The van der Waals surface area contributed by atoms with E-state index in [1.54, 1.807) is 16.8 Å². The summed E-state index contributed by atoms with van der Waals surface area (Å²) in [5.41, 5.74) is 12.7. The second kappa shape index (κ2) is 10.6. The third-order valence-corrected chi connectivity index (χ3v) is 7.04. The SMILES string of the molecule is CCCCCc1ccc(-n2nc(C(N)=O)c3c2-c2cc(NC(=O)c4cccnc4Cl)ccc2CC3)cc1. The van der Waals surface area contributed by atoms with E-state index in [1.165, 1.54) is 24.6 Å². The maximum absolute atomic E-state index is 12.8. The van der Waals surface area contributed by atoms with E-state index in [1.807, 2.05) is 30.3 Å². The number of aromatic nitrogens is 3. The highest BCUT2D eigenvalue weighted by atomic mass is 35.5. The number of anilines is 1. The first-order valence-corrected chi connectivity index (χ1v) is 12.9. The maximum atomic E-state index is 12.8. The summed E-state index contributed by atoms with van der Waals surface area (Å²) in [5.74, 6) is -0.899. The zero-order chi connectivity index (χ0) is 25.9. The van der Waals surface area contributed by atoms with Gasteiger partial charge in [-0.05, 0) is 73.2 Å². The number of hydrogen-bond donors (Lipinski definition) is 2. The van der Waals surface area contributed by atoms with Crippen LogP contribution in [-0.2, 0) is 19.3 Å². The standard InChI is InChI=1S/C29H28ClN5O2/c1-2-3-4-6-18-8-13-21(14-9-18)35-26-22(25(34-35)28(31)36)15-11-19-10-12-20(17-24(19)26)33-29(37)23-7-5-16-32-27(23)30/h5,7-10,12-14,16-17H,2-4,6,11,15H2,1H3,(H2,31,36)(H,33,37). The summed E-state index contributed by atoms with van der Waals surface area (Å²) in [6, 6.07) is 17.4. The predicted molar refractivity (Wildman–Crippen MR) is 145 cm³/mol. The van der Waals surface area contributed by atoms with Crippen LogP contribution in [0.4, 0.5) is 5.69 Å². The first-order valence-electron chi connectivity index (χ1n) is 12.5. The van der Waals surface area contributed by atoms with Gasteiger partial charge in [-0.25, -0.2) is 9.67 Å². The van der Waals surface area contributed by atoms with Crippen molar-refractivity contribution >= 4 is 29.1 Å². The summed E-state index contributed by atoms with van der Waals surface area (Å²) >= 11 is 6.11. The summed E-state index contributed by atoms with van der Waals surface area (Å²) in [7, 11) is 0. The second-order valence-corrected chi connectivity index (χ2v) is 9.60. The van der Waals surface area contributed by atoms with Gasteiger partial charge in [0, 0.05) is 23.0 Å². The Balaban J connectivity index is 1.53. The van der Waals surface area contributed by atoms with Crippen LogP contribution >= 0.6 is 11.6 Å². The van der Waals surface area contributed by atoms with Crippen LogP contribution in [-0.4, -0.2) is 26.6 Å². The summed E-state index contributed by atoms with van der Waals surface area (Å²) < 4.78 is 1.80. The molecular weight excluding hydrogens is 486 g/mol. The normalized spacial score (nSPS) is 12.1. The topological polar surface area (TPSA) is 103 Å². The lowest BCUT2D eigenvalue weighted by Gasteiger charge is -2.20. The van der Waals surface area contributed by atoms with E-state index in [9.17, 15) is 9.59 Å². The fourth-order valence-electron chi connectivity index (χ4n) is 4.84. The van der Waals surface area contributed by atoms with Gasteiger partial charge in [0.1, 0.15) is 5.15 Å². The van der Waals surface area contributed by atoms with Crippen LogP contribution in [0, 0.1) is 0 Å². The number of fused-ring (bicyclic) bond motifs is 3. The Labute approximate surface area is 220 Å². The van der Waals surface area contributed by atoms with Crippen molar-refractivity contribution in [1.29, 1.82) is 0 Å². The zero-order valence-electron chi connectivity index (χ0n) is 20.6. The van der Waals surface area contributed by atoms with Crippen LogP contribution < -0.4 is 11.1 Å². The smallest absolute Gasteiger partial charge is 0.269 e. The number of carbonyl (C=O) groups excluding carboxylic acids is 2. The molecule has 0 fully saturated rings. The zero-order valence-corrected chi connectivity index (χ0v) is 21.4. The van der Waals surface area contributed by atoms with Crippen LogP contribution in [0.15, 0.2) is 60.8 Å². The van der Waals surface area contributed by atoms with Gasteiger partial charge in [0.25, 0.3) is 11.8 Å². The van der Waals surface area contributed by atoms with Crippen LogP contribution in [0.25, 0.3) is 16.9 Å². The lowest BCUT2D eigenvalue weighted by Crippen LogP contribution is -2.16. The molecule has 8 heteroatoms. The average molecular weight is 514 g/mol. The second-order valence-electron chi connectivity index (χ2n) is 9.24. The number of benzene rings is 2. The van der Waals surface area contributed by atoms with E-state index in [-0.39, 0.29) is 16.8 Å². The van der Waals surface area contributed by atoms with Gasteiger partial charge in [0.05, 0.1) is 16.9 Å². The molecule has 0 atom stereocenters. The van der Waals surface area contributed by atoms with E-state index in [4.69, 9.17) is 17.3 Å². The van der Waals surface area contributed by atoms with E-state index >= 15 is 0 Å². The Hall–Kier alpha value is -3.97. The largest absolute Gasteiger partial charge is 0.364 e. The van der Waals surface area contributed by atoms with Gasteiger partial charge < -0.3 is 11.1 Å². The third-order valence-electron chi connectivity index (χ3n) is 6.74. The van der Waals surface area contributed by atoms with Gasteiger partial charge in [-0.1, -0.05) is 49.6 Å². The number of nitrogens with two attached hydrogens (primary N) is 1. The van der Waals surface area contributed by atoms with E-state index < -0.39 is 5.91 Å². The number of amides is 2. The molecule has 1 aliphatic rings. The summed E-state index contributed by atoms with van der Waals surface area (Å²) in [6.45, 7) is 2.20. The lowest BCUT2D eigenvalue weighted by molar-refractivity contribution is 0.0992. The predicted octanol–water partition coefficient (Wildman–Crippen LogP) is 5.77. The molecule has 7 nitrogen and oxygen atoms in total. The van der Waals surface area contributed by atoms with Crippen molar-refractivity contribution in [2.75, 3.05) is 5.32 Å². The maximum Gasteiger partial charge on any atom is 0.269 e. The van der Waals surface area contributed by atoms with Crippen LogP contribution in [0.1, 0.15) is 63.7 Å². The van der Waals surface area contributed by atoms with E-state index in [2.05, 4.69) is 34.5 Å². The van der Waals surface area contributed by atoms with Crippen molar-refractivity contribution < 1.29 is 9.59 Å². The first-order chi connectivity index (χ1) is 18.0. The molecule has 0 unspecified atom stereocenters. The first kappa shape index (κ1) is 24.7. The number of nitrogens with one attached hydrogen (secondary N) is 1. The Bertz CT molecular complexity index is 1480. The number of nitrogens with zero attached hydrogens (tertiary/aromatic N) is 3. The van der Waals surface area contributed by atoms with Gasteiger partial charge in [0.2, 0.25) is 0 Å². The molecule has 1 aliphatic carbocycles. The van der Waals surface area contributed by atoms with Crippen molar-refractivity contribution in [3.05, 3.63) is 93.9 Å². The average Bonchev–Trinajstić information content (AvgIpc) is 3.30. The number of halogens is 1. The molecule has 2 aromatic heterocycles.